The molecule has 0 aromatic heterocycles. The molecule has 82 valence electrons. The average Bonchev–Trinajstić information content (AvgIpc) is 2.64. The molecule has 1 atom stereocenters. The molecular weight excluding hydrogens is 252 g/mol. The summed E-state index contributed by atoms with van der Waals surface area (Å²) in [6, 6.07) is 7.14. The van der Waals surface area contributed by atoms with Crippen LogP contribution in [0, 0.1) is 0 Å². The van der Waals surface area contributed by atoms with Gasteiger partial charge in [-0.15, -0.1) is 0 Å². The van der Waals surface area contributed by atoms with Crippen LogP contribution in [0.15, 0.2) is 22.7 Å². The van der Waals surface area contributed by atoms with Gasteiger partial charge in [-0.05, 0) is 37.5 Å². The molecule has 1 aromatic carbocycles. The lowest BCUT2D eigenvalue weighted by atomic mass is 10.2. The molecule has 1 fully saturated rings. The van der Waals surface area contributed by atoms with Crippen molar-refractivity contribution in [2.45, 2.75) is 32.4 Å². The second-order valence-corrected chi connectivity index (χ2v) is 5.02. The first kappa shape index (κ1) is 11.0. The maximum atomic E-state index is 5.64. The fourth-order valence-electron chi connectivity index (χ4n) is 2.20. The van der Waals surface area contributed by atoms with E-state index in [1.807, 2.05) is 0 Å². The van der Waals surface area contributed by atoms with Gasteiger partial charge in [0.25, 0.3) is 0 Å². The van der Waals surface area contributed by atoms with Gasteiger partial charge < -0.3 is 10.6 Å². The van der Waals surface area contributed by atoms with Crippen molar-refractivity contribution in [3.8, 4) is 0 Å². The van der Waals surface area contributed by atoms with Gasteiger partial charge in [0.15, 0.2) is 0 Å². The molecule has 1 aromatic rings. The first-order valence-corrected chi connectivity index (χ1v) is 6.27. The minimum absolute atomic E-state index is 0.594. The van der Waals surface area contributed by atoms with Crippen molar-refractivity contribution in [2.24, 2.45) is 5.73 Å². The van der Waals surface area contributed by atoms with Crippen molar-refractivity contribution in [1.29, 1.82) is 0 Å². The largest absolute Gasteiger partial charge is 0.369 e. The van der Waals surface area contributed by atoms with Crippen molar-refractivity contribution in [2.75, 3.05) is 11.4 Å². The Morgan fingerprint density at radius 1 is 1.53 bits per heavy atom. The van der Waals surface area contributed by atoms with Gasteiger partial charge in [-0.25, -0.2) is 0 Å². The third-order valence-corrected chi connectivity index (χ3v) is 3.88. The van der Waals surface area contributed by atoms with Crippen LogP contribution >= 0.6 is 15.9 Å². The van der Waals surface area contributed by atoms with Crippen LogP contribution in [0.2, 0.25) is 0 Å². The highest BCUT2D eigenvalue weighted by atomic mass is 79.9. The second-order valence-electron chi connectivity index (χ2n) is 4.16. The topological polar surface area (TPSA) is 29.3 Å². The van der Waals surface area contributed by atoms with Crippen molar-refractivity contribution in [1.82, 2.24) is 0 Å². The normalized spacial score (nSPS) is 21.0. The fourth-order valence-corrected chi connectivity index (χ4v) is 2.73. The molecule has 2 rings (SSSR count). The summed E-state index contributed by atoms with van der Waals surface area (Å²) in [5.74, 6) is 0. The van der Waals surface area contributed by atoms with Crippen LogP contribution in [0.1, 0.15) is 25.3 Å². The van der Waals surface area contributed by atoms with Gasteiger partial charge in [0.2, 0.25) is 0 Å². The summed E-state index contributed by atoms with van der Waals surface area (Å²) >= 11 is 3.57. The third-order valence-electron chi connectivity index (χ3n) is 3.14. The van der Waals surface area contributed by atoms with E-state index < -0.39 is 0 Å². The number of nitrogens with zero attached hydrogens (tertiary/aromatic N) is 1. The predicted octanol–water partition coefficient (Wildman–Crippen LogP) is 2.90. The van der Waals surface area contributed by atoms with E-state index in [2.05, 4.69) is 46.0 Å². The Hall–Kier alpha value is -0.540. The first-order valence-electron chi connectivity index (χ1n) is 5.47. The molecule has 1 saturated heterocycles. The summed E-state index contributed by atoms with van der Waals surface area (Å²) in [5.41, 5.74) is 8.12. The smallest absolute Gasteiger partial charge is 0.0380 e. The van der Waals surface area contributed by atoms with Crippen LogP contribution < -0.4 is 10.6 Å². The zero-order chi connectivity index (χ0) is 10.8. The molecule has 0 spiro atoms. The lowest BCUT2D eigenvalue weighted by Gasteiger charge is -2.24. The van der Waals surface area contributed by atoms with Gasteiger partial charge in [-0.1, -0.05) is 22.0 Å². The molecule has 0 saturated carbocycles. The first-order chi connectivity index (χ1) is 7.22. The predicted molar refractivity (Wildman–Crippen MR) is 68.1 cm³/mol. The number of hydrogen-bond donors (Lipinski definition) is 1. The number of rotatable bonds is 2. The molecule has 0 amide bonds. The zero-order valence-electron chi connectivity index (χ0n) is 9.04. The molecule has 1 aliphatic rings. The van der Waals surface area contributed by atoms with E-state index in [4.69, 9.17) is 5.73 Å². The van der Waals surface area contributed by atoms with Gasteiger partial charge >= 0.3 is 0 Å². The highest BCUT2D eigenvalue weighted by Crippen LogP contribution is 2.29. The molecule has 15 heavy (non-hydrogen) atoms. The van der Waals surface area contributed by atoms with Gasteiger partial charge in [0.1, 0.15) is 0 Å². The van der Waals surface area contributed by atoms with E-state index in [1.54, 1.807) is 0 Å². The Kier molecular flexibility index (Phi) is 3.32. The second kappa shape index (κ2) is 4.54. The summed E-state index contributed by atoms with van der Waals surface area (Å²) in [6.45, 7) is 4.06. The standard InChI is InChI=1S/C12H17BrN2/c1-9-3-2-6-15(9)11-5-4-10(8-14)12(13)7-11/h4-5,7,9H,2-3,6,8,14H2,1H3. The minimum Gasteiger partial charge on any atom is -0.369 e. The van der Waals surface area contributed by atoms with E-state index in [-0.39, 0.29) is 0 Å². The number of anilines is 1. The van der Waals surface area contributed by atoms with Crippen molar-refractivity contribution < 1.29 is 0 Å². The number of benzene rings is 1. The molecule has 0 radical (unpaired) electrons. The summed E-state index contributed by atoms with van der Waals surface area (Å²) in [6.07, 6.45) is 2.60. The quantitative estimate of drug-likeness (QED) is 0.894. The molecule has 0 bridgehead atoms. The van der Waals surface area contributed by atoms with Gasteiger partial charge in [0.05, 0.1) is 0 Å². The van der Waals surface area contributed by atoms with Gasteiger partial charge in [-0.3, -0.25) is 0 Å². The Morgan fingerprint density at radius 3 is 2.87 bits per heavy atom. The van der Waals surface area contributed by atoms with Gasteiger partial charge in [-0.2, -0.15) is 0 Å². The van der Waals surface area contributed by atoms with E-state index in [0.29, 0.717) is 12.6 Å². The van der Waals surface area contributed by atoms with Crippen molar-refractivity contribution in [3.63, 3.8) is 0 Å². The lowest BCUT2D eigenvalue weighted by Crippen LogP contribution is -2.26. The van der Waals surface area contributed by atoms with Crippen LogP contribution in [0.4, 0.5) is 5.69 Å². The molecule has 1 heterocycles. The summed E-state index contributed by atoms with van der Waals surface area (Å²) in [5, 5.41) is 0. The maximum absolute atomic E-state index is 5.64. The van der Waals surface area contributed by atoms with Crippen LogP contribution in [0.25, 0.3) is 0 Å². The molecule has 0 aliphatic carbocycles. The molecular formula is C12H17BrN2. The van der Waals surface area contributed by atoms with E-state index in [9.17, 15) is 0 Å². The Balaban J connectivity index is 2.25. The van der Waals surface area contributed by atoms with Crippen LogP contribution in [0.5, 0.6) is 0 Å². The fraction of sp³-hybridized carbons (Fsp3) is 0.500. The van der Waals surface area contributed by atoms with E-state index in [1.165, 1.54) is 30.6 Å². The van der Waals surface area contributed by atoms with E-state index in [0.717, 1.165) is 4.47 Å². The number of halogens is 1. The van der Waals surface area contributed by atoms with Crippen LogP contribution in [0.3, 0.4) is 0 Å². The van der Waals surface area contributed by atoms with Crippen molar-refractivity contribution in [3.05, 3.63) is 28.2 Å². The van der Waals surface area contributed by atoms with E-state index >= 15 is 0 Å². The SMILES string of the molecule is CC1CCCN1c1ccc(CN)c(Br)c1. The van der Waals surface area contributed by atoms with Crippen molar-refractivity contribution >= 4 is 21.6 Å². The molecule has 2 nitrogen and oxygen atoms in total. The summed E-state index contributed by atoms with van der Waals surface area (Å²) < 4.78 is 1.13. The highest BCUT2D eigenvalue weighted by molar-refractivity contribution is 9.10. The van der Waals surface area contributed by atoms with Crippen LogP contribution in [-0.4, -0.2) is 12.6 Å². The maximum Gasteiger partial charge on any atom is 0.0380 e. The lowest BCUT2D eigenvalue weighted by molar-refractivity contribution is 0.735. The summed E-state index contributed by atoms with van der Waals surface area (Å²) in [7, 11) is 0. The zero-order valence-corrected chi connectivity index (χ0v) is 10.6. The Bertz CT molecular complexity index is 351. The monoisotopic (exact) mass is 268 g/mol. The Labute approximate surface area is 99.6 Å². The molecule has 1 aliphatic heterocycles. The number of hydrogen-bond acceptors (Lipinski definition) is 2. The summed E-state index contributed by atoms with van der Waals surface area (Å²) in [4.78, 5) is 2.46. The third kappa shape index (κ3) is 2.18. The molecule has 2 N–H and O–H groups in total. The Morgan fingerprint density at radius 2 is 2.33 bits per heavy atom. The van der Waals surface area contributed by atoms with Crippen LogP contribution in [-0.2, 0) is 6.54 Å². The minimum atomic E-state index is 0.594. The number of nitrogens with two attached hydrogens (primary N) is 1. The average molecular weight is 269 g/mol. The van der Waals surface area contributed by atoms with Gasteiger partial charge in [0, 0.05) is 29.3 Å². The highest BCUT2D eigenvalue weighted by Gasteiger charge is 2.20. The molecule has 1 unspecified atom stereocenters. The molecule has 3 heteroatoms.